The first kappa shape index (κ1) is 19.8. The number of pyridine rings is 1. The monoisotopic (exact) mass is 371 g/mol. The minimum Gasteiger partial charge on any atom is -0.339 e. The van der Waals surface area contributed by atoms with Crippen LogP contribution in [0.3, 0.4) is 0 Å². The number of likely N-dealkylation sites (tertiary alicyclic amines) is 1. The number of hydrogen-bond donors (Lipinski definition) is 1. The van der Waals surface area contributed by atoms with Crippen molar-refractivity contribution in [3.63, 3.8) is 0 Å². The van der Waals surface area contributed by atoms with Gasteiger partial charge in [0.05, 0.1) is 22.2 Å². The second-order valence-electron chi connectivity index (χ2n) is 8.97. The lowest BCUT2D eigenvalue weighted by molar-refractivity contribution is 0.0709. The number of fused-ring (bicyclic) bond motifs is 1. The summed E-state index contributed by atoms with van der Waals surface area (Å²) in [6.45, 7) is 14.1. The van der Waals surface area contributed by atoms with Crippen molar-refractivity contribution in [1.82, 2.24) is 25.0 Å². The summed E-state index contributed by atoms with van der Waals surface area (Å²) in [5.41, 5.74) is 3.19. The molecule has 6 nitrogen and oxygen atoms in total. The Morgan fingerprint density at radius 1 is 1.26 bits per heavy atom. The van der Waals surface area contributed by atoms with E-state index in [4.69, 9.17) is 10.1 Å². The normalized spacial score (nSPS) is 16.5. The molecule has 0 atom stereocenters. The second-order valence-corrected chi connectivity index (χ2v) is 8.97. The Kier molecular flexibility index (Phi) is 5.30. The van der Waals surface area contributed by atoms with Crippen LogP contribution in [0.4, 0.5) is 0 Å². The van der Waals surface area contributed by atoms with Gasteiger partial charge in [-0.3, -0.25) is 4.79 Å². The highest BCUT2D eigenvalue weighted by molar-refractivity contribution is 6.06. The number of nitrogens with one attached hydrogen (secondary N) is 1. The fourth-order valence-corrected chi connectivity index (χ4v) is 3.78. The largest absolute Gasteiger partial charge is 0.339 e. The Hall–Kier alpha value is -1.95. The van der Waals surface area contributed by atoms with Crippen molar-refractivity contribution < 1.29 is 4.79 Å². The minimum absolute atomic E-state index is 0.107. The Bertz CT molecular complexity index is 838. The topological polar surface area (TPSA) is 63.1 Å². The highest BCUT2D eigenvalue weighted by atomic mass is 16.2. The molecule has 0 saturated carbocycles. The summed E-state index contributed by atoms with van der Waals surface area (Å²) in [4.78, 5) is 20.3. The molecule has 2 aromatic heterocycles. The van der Waals surface area contributed by atoms with Crippen LogP contribution in [-0.2, 0) is 5.54 Å². The van der Waals surface area contributed by atoms with Crippen molar-refractivity contribution in [3.05, 3.63) is 23.0 Å². The lowest BCUT2D eigenvalue weighted by Gasteiger charge is -2.32. The molecule has 0 spiro atoms. The van der Waals surface area contributed by atoms with E-state index in [0.29, 0.717) is 6.04 Å². The zero-order valence-corrected chi connectivity index (χ0v) is 17.8. The Morgan fingerprint density at radius 3 is 2.41 bits per heavy atom. The Balaban J connectivity index is 2.11. The lowest BCUT2D eigenvalue weighted by Crippen LogP contribution is -2.44. The van der Waals surface area contributed by atoms with Crippen molar-refractivity contribution >= 4 is 16.9 Å². The number of piperidine rings is 1. The summed E-state index contributed by atoms with van der Waals surface area (Å²) in [5.74, 6) is 0.356. The highest BCUT2D eigenvalue weighted by Gasteiger charge is 2.29. The molecule has 0 aromatic carbocycles. The molecule has 6 heteroatoms. The summed E-state index contributed by atoms with van der Waals surface area (Å²) in [6.07, 6.45) is 1.99. The van der Waals surface area contributed by atoms with Crippen LogP contribution < -0.4 is 5.32 Å². The first-order valence-corrected chi connectivity index (χ1v) is 10.0. The van der Waals surface area contributed by atoms with Crippen molar-refractivity contribution in [2.75, 3.05) is 20.1 Å². The first-order valence-electron chi connectivity index (χ1n) is 10.0. The molecule has 1 N–H and O–H groups in total. The number of carbonyl (C=O) groups excluding carboxylic acids is 1. The average Bonchev–Trinajstić information content (AvgIpc) is 2.97. The third kappa shape index (κ3) is 3.72. The third-order valence-corrected chi connectivity index (χ3v) is 5.48. The van der Waals surface area contributed by atoms with E-state index in [1.807, 2.05) is 29.6 Å². The molecule has 148 valence electrons. The molecule has 1 saturated heterocycles. The van der Waals surface area contributed by atoms with Crippen LogP contribution in [0.2, 0.25) is 0 Å². The first-order chi connectivity index (χ1) is 12.6. The van der Waals surface area contributed by atoms with Crippen LogP contribution in [-0.4, -0.2) is 51.8 Å². The fourth-order valence-electron chi connectivity index (χ4n) is 3.78. The van der Waals surface area contributed by atoms with Crippen molar-refractivity contribution in [2.45, 2.75) is 71.9 Å². The van der Waals surface area contributed by atoms with E-state index in [9.17, 15) is 4.79 Å². The molecule has 1 aliphatic rings. The van der Waals surface area contributed by atoms with Gasteiger partial charge in [0.25, 0.3) is 5.91 Å². The molecule has 1 fully saturated rings. The number of aryl methyl sites for hydroxylation is 1. The molecule has 0 unspecified atom stereocenters. The van der Waals surface area contributed by atoms with E-state index in [2.05, 4.69) is 39.9 Å². The third-order valence-electron chi connectivity index (χ3n) is 5.48. The van der Waals surface area contributed by atoms with Crippen molar-refractivity contribution in [3.8, 4) is 0 Å². The summed E-state index contributed by atoms with van der Waals surface area (Å²) in [7, 11) is 1.99. The van der Waals surface area contributed by atoms with Gasteiger partial charge in [-0.05, 0) is 59.6 Å². The molecule has 1 amide bonds. The summed E-state index contributed by atoms with van der Waals surface area (Å²) < 4.78 is 1.97. The van der Waals surface area contributed by atoms with Gasteiger partial charge >= 0.3 is 0 Å². The maximum Gasteiger partial charge on any atom is 0.254 e. The van der Waals surface area contributed by atoms with Crippen molar-refractivity contribution in [1.29, 1.82) is 0 Å². The van der Waals surface area contributed by atoms with Gasteiger partial charge in [0, 0.05) is 24.8 Å². The maximum absolute atomic E-state index is 13.4. The molecular weight excluding hydrogens is 338 g/mol. The van der Waals surface area contributed by atoms with Gasteiger partial charge in [-0.1, -0.05) is 13.8 Å². The highest BCUT2D eigenvalue weighted by Crippen LogP contribution is 2.30. The number of hydrogen-bond acceptors (Lipinski definition) is 4. The summed E-state index contributed by atoms with van der Waals surface area (Å²) in [5, 5.41) is 8.97. The Labute approximate surface area is 162 Å². The van der Waals surface area contributed by atoms with Crippen LogP contribution in [0.25, 0.3) is 11.0 Å². The quantitative estimate of drug-likeness (QED) is 0.898. The molecular formula is C21H33N5O. The zero-order chi connectivity index (χ0) is 19.9. The number of carbonyl (C=O) groups is 1. The fraction of sp³-hybridized carbons (Fsp3) is 0.667. The van der Waals surface area contributed by atoms with Crippen molar-refractivity contribution in [2.24, 2.45) is 0 Å². The summed E-state index contributed by atoms with van der Waals surface area (Å²) in [6, 6.07) is 2.49. The minimum atomic E-state index is -0.194. The summed E-state index contributed by atoms with van der Waals surface area (Å²) >= 11 is 0. The van der Waals surface area contributed by atoms with E-state index in [1.165, 1.54) is 0 Å². The van der Waals surface area contributed by atoms with Crippen LogP contribution in [0.5, 0.6) is 0 Å². The van der Waals surface area contributed by atoms with Gasteiger partial charge in [-0.15, -0.1) is 0 Å². The van der Waals surface area contributed by atoms with E-state index in [-0.39, 0.29) is 17.4 Å². The predicted octanol–water partition coefficient (Wildman–Crippen LogP) is 3.44. The van der Waals surface area contributed by atoms with Gasteiger partial charge < -0.3 is 10.2 Å². The van der Waals surface area contributed by atoms with E-state index in [1.54, 1.807) is 0 Å². The molecule has 3 rings (SSSR count). The van der Waals surface area contributed by atoms with Gasteiger partial charge in [-0.25, -0.2) is 9.67 Å². The predicted molar refractivity (Wildman–Crippen MR) is 109 cm³/mol. The SMILES string of the molecule is CNC1CCN(C(=O)c2cc(C(C)C)nc3c2c(C)nn3C(C)(C)C)CC1. The lowest BCUT2D eigenvalue weighted by atomic mass is 10.0. The van der Waals surface area contributed by atoms with E-state index in [0.717, 1.165) is 53.9 Å². The smallest absolute Gasteiger partial charge is 0.254 e. The number of amides is 1. The molecule has 1 aliphatic heterocycles. The molecule has 0 radical (unpaired) electrons. The molecule has 2 aromatic rings. The molecule has 27 heavy (non-hydrogen) atoms. The molecule has 3 heterocycles. The molecule has 0 bridgehead atoms. The number of nitrogens with zero attached hydrogens (tertiary/aromatic N) is 4. The van der Waals surface area contributed by atoms with E-state index >= 15 is 0 Å². The maximum atomic E-state index is 13.4. The van der Waals surface area contributed by atoms with Crippen LogP contribution in [0, 0.1) is 6.92 Å². The van der Waals surface area contributed by atoms with Crippen LogP contribution in [0.15, 0.2) is 6.07 Å². The van der Waals surface area contributed by atoms with Gasteiger partial charge in [0.1, 0.15) is 0 Å². The standard InChI is InChI=1S/C21H33N5O/c1-13(2)17-12-16(20(27)25-10-8-15(22-7)9-11-25)18-14(3)24-26(19(18)23-17)21(4,5)6/h12-13,15,22H,8-11H2,1-7H3. The van der Waals surface area contributed by atoms with Gasteiger partial charge in [-0.2, -0.15) is 5.10 Å². The molecule has 0 aliphatic carbocycles. The average molecular weight is 372 g/mol. The Morgan fingerprint density at radius 2 is 1.89 bits per heavy atom. The second kappa shape index (κ2) is 7.23. The number of aromatic nitrogens is 3. The number of rotatable bonds is 3. The van der Waals surface area contributed by atoms with Gasteiger partial charge in [0.15, 0.2) is 5.65 Å². The zero-order valence-electron chi connectivity index (χ0n) is 17.8. The van der Waals surface area contributed by atoms with E-state index < -0.39 is 0 Å². The van der Waals surface area contributed by atoms with Crippen LogP contribution in [0.1, 0.15) is 75.1 Å². The van der Waals surface area contributed by atoms with Crippen LogP contribution >= 0.6 is 0 Å². The van der Waals surface area contributed by atoms with Gasteiger partial charge in [0.2, 0.25) is 0 Å².